The number of H-pyrrole nitrogens is 1. The highest BCUT2D eigenvalue weighted by atomic mass is 19.1. The molecule has 14 heavy (non-hydrogen) atoms. The first-order chi connectivity index (χ1) is 6.72. The number of aldehydes is 1. The normalized spacial score (nSPS) is 10.4. The molecule has 0 radical (unpaired) electrons. The quantitative estimate of drug-likeness (QED) is 0.682. The number of carbonyl (C=O) groups excluding carboxylic acids is 1. The maximum atomic E-state index is 13.1. The molecule has 1 aromatic heterocycles. The van der Waals surface area contributed by atoms with E-state index in [4.69, 9.17) is 0 Å². The Morgan fingerprint density at radius 1 is 1.43 bits per heavy atom. The molecule has 0 aliphatic carbocycles. The molecule has 0 aliphatic heterocycles. The lowest BCUT2D eigenvalue weighted by Crippen LogP contribution is -2.14. The van der Waals surface area contributed by atoms with E-state index in [0.717, 1.165) is 0 Å². The van der Waals surface area contributed by atoms with E-state index in [2.05, 4.69) is 9.97 Å². The smallest absolute Gasteiger partial charge is 0.277 e. The van der Waals surface area contributed by atoms with Gasteiger partial charge in [-0.05, 0) is 12.1 Å². The van der Waals surface area contributed by atoms with Gasteiger partial charge in [0, 0.05) is 0 Å². The number of aromatic amines is 1. The van der Waals surface area contributed by atoms with Crippen molar-refractivity contribution in [2.24, 2.45) is 0 Å². The zero-order valence-electron chi connectivity index (χ0n) is 6.95. The summed E-state index contributed by atoms with van der Waals surface area (Å²) in [5.41, 5.74) is -0.657. The van der Waals surface area contributed by atoms with Crippen molar-refractivity contribution >= 4 is 17.3 Å². The summed E-state index contributed by atoms with van der Waals surface area (Å²) in [5.74, 6) is -0.565. The predicted octanol–water partition coefficient (Wildman–Crippen LogP) is 0.875. The van der Waals surface area contributed by atoms with Gasteiger partial charge in [0.05, 0.1) is 5.52 Å². The van der Waals surface area contributed by atoms with E-state index >= 15 is 0 Å². The van der Waals surface area contributed by atoms with Crippen molar-refractivity contribution in [3.05, 3.63) is 40.1 Å². The number of aromatic nitrogens is 2. The fourth-order valence-corrected chi connectivity index (χ4v) is 1.17. The molecule has 1 aromatic carbocycles. The molecule has 4 nitrogen and oxygen atoms in total. The van der Waals surface area contributed by atoms with Crippen LogP contribution in [-0.2, 0) is 0 Å². The number of fused-ring (bicyclic) bond motifs is 1. The van der Waals surface area contributed by atoms with E-state index in [1.165, 1.54) is 18.2 Å². The molecule has 0 saturated heterocycles. The lowest BCUT2D eigenvalue weighted by Gasteiger charge is -1.97. The molecule has 0 fully saturated rings. The van der Waals surface area contributed by atoms with Crippen LogP contribution in [-0.4, -0.2) is 16.3 Å². The van der Waals surface area contributed by atoms with Gasteiger partial charge in [0.1, 0.15) is 11.3 Å². The third kappa shape index (κ3) is 1.19. The van der Waals surface area contributed by atoms with Crippen molar-refractivity contribution in [2.45, 2.75) is 0 Å². The summed E-state index contributed by atoms with van der Waals surface area (Å²) in [6.45, 7) is 0. The molecule has 0 amide bonds. The number of benzene rings is 1. The maximum Gasteiger partial charge on any atom is 0.277 e. The minimum atomic E-state index is -0.683. The number of nitrogens with one attached hydrogen (secondary N) is 1. The lowest BCUT2D eigenvalue weighted by atomic mass is 10.3. The van der Waals surface area contributed by atoms with Crippen molar-refractivity contribution in [1.29, 1.82) is 0 Å². The number of hydrogen-bond donors (Lipinski definition) is 1. The van der Waals surface area contributed by atoms with Crippen LogP contribution in [0.25, 0.3) is 11.0 Å². The fraction of sp³-hybridized carbons (Fsp3) is 0. The average Bonchev–Trinajstić information content (AvgIpc) is 2.19. The van der Waals surface area contributed by atoms with Crippen LogP contribution in [0.4, 0.5) is 4.39 Å². The van der Waals surface area contributed by atoms with Crippen LogP contribution in [0.1, 0.15) is 10.5 Å². The van der Waals surface area contributed by atoms with Crippen LogP contribution in [0.5, 0.6) is 0 Å². The molecule has 0 spiro atoms. The van der Waals surface area contributed by atoms with Gasteiger partial charge in [-0.25, -0.2) is 9.37 Å². The number of hydrogen-bond acceptors (Lipinski definition) is 3. The van der Waals surface area contributed by atoms with Gasteiger partial charge >= 0.3 is 0 Å². The molecule has 0 atom stereocenters. The predicted molar refractivity (Wildman–Crippen MR) is 47.7 cm³/mol. The van der Waals surface area contributed by atoms with Gasteiger partial charge in [0.25, 0.3) is 5.56 Å². The first kappa shape index (κ1) is 8.55. The van der Waals surface area contributed by atoms with E-state index in [9.17, 15) is 14.0 Å². The fourth-order valence-electron chi connectivity index (χ4n) is 1.17. The minimum absolute atomic E-state index is 0.0168. The van der Waals surface area contributed by atoms with Crippen LogP contribution < -0.4 is 5.56 Å². The summed E-state index contributed by atoms with van der Waals surface area (Å²) in [7, 11) is 0. The molecule has 0 unspecified atom stereocenters. The highest BCUT2D eigenvalue weighted by Gasteiger charge is 2.05. The highest BCUT2D eigenvalue weighted by molar-refractivity contribution is 5.79. The first-order valence-corrected chi connectivity index (χ1v) is 3.86. The second kappa shape index (κ2) is 3.02. The largest absolute Gasteiger partial charge is 0.316 e. The summed E-state index contributed by atoms with van der Waals surface area (Å²) in [4.78, 5) is 27.4. The highest BCUT2D eigenvalue weighted by Crippen LogP contribution is 2.10. The lowest BCUT2D eigenvalue weighted by molar-refractivity contribution is 0.111. The van der Waals surface area contributed by atoms with Crippen LogP contribution in [0.2, 0.25) is 0 Å². The molecule has 1 N–H and O–H groups in total. The molecule has 5 heteroatoms. The molecule has 0 bridgehead atoms. The summed E-state index contributed by atoms with van der Waals surface area (Å²) in [6.07, 6.45) is 0.336. The monoisotopic (exact) mass is 192 g/mol. The Kier molecular flexibility index (Phi) is 1.85. The number of carbonyl (C=O) groups is 1. The van der Waals surface area contributed by atoms with Crippen molar-refractivity contribution in [1.82, 2.24) is 9.97 Å². The molecule has 0 saturated carbocycles. The Hall–Kier alpha value is -2.04. The van der Waals surface area contributed by atoms with Gasteiger partial charge in [0.15, 0.2) is 12.0 Å². The van der Waals surface area contributed by atoms with Crippen LogP contribution in [0, 0.1) is 5.82 Å². The van der Waals surface area contributed by atoms with Crippen molar-refractivity contribution in [3.63, 3.8) is 0 Å². The van der Waals surface area contributed by atoms with E-state index in [0.29, 0.717) is 6.29 Å². The van der Waals surface area contributed by atoms with Crippen molar-refractivity contribution < 1.29 is 9.18 Å². The molecule has 0 aliphatic rings. The number of nitrogens with zero attached hydrogens (tertiary/aromatic N) is 1. The Labute approximate surface area is 77.4 Å². The Morgan fingerprint density at radius 2 is 2.21 bits per heavy atom. The summed E-state index contributed by atoms with van der Waals surface area (Å²) >= 11 is 0. The molecule has 2 rings (SSSR count). The van der Waals surface area contributed by atoms with Gasteiger partial charge in [0.2, 0.25) is 0 Å². The van der Waals surface area contributed by atoms with E-state index < -0.39 is 11.4 Å². The number of para-hydroxylation sites is 1. The molecular formula is C9H5FN2O2. The Morgan fingerprint density at radius 3 is 2.93 bits per heavy atom. The second-order valence-corrected chi connectivity index (χ2v) is 2.70. The molecule has 1 heterocycles. The molecule has 70 valence electrons. The zero-order chi connectivity index (χ0) is 10.1. The first-order valence-electron chi connectivity index (χ1n) is 3.86. The van der Waals surface area contributed by atoms with Gasteiger partial charge in [-0.2, -0.15) is 0 Å². The van der Waals surface area contributed by atoms with Crippen LogP contribution in [0.15, 0.2) is 23.0 Å². The maximum absolute atomic E-state index is 13.1. The van der Waals surface area contributed by atoms with Crippen molar-refractivity contribution in [2.75, 3.05) is 0 Å². The summed E-state index contributed by atoms with van der Waals surface area (Å²) in [6, 6.07) is 4.18. The third-order valence-electron chi connectivity index (χ3n) is 1.82. The number of halogens is 1. The molecule has 2 aromatic rings. The van der Waals surface area contributed by atoms with E-state index in [1.54, 1.807) is 0 Å². The third-order valence-corrected chi connectivity index (χ3v) is 1.82. The van der Waals surface area contributed by atoms with E-state index in [-0.39, 0.29) is 16.7 Å². The van der Waals surface area contributed by atoms with Gasteiger partial charge in [-0.3, -0.25) is 9.59 Å². The average molecular weight is 192 g/mol. The van der Waals surface area contributed by atoms with Gasteiger partial charge in [-0.1, -0.05) is 6.07 Å². The van der Waals surface area contributed by atoms with Crippen molar-refractivity contribution in [3.8, 4) is 0 Å². The van der Waals surface area contributed by atoms with E-state index in [1.807, 2.05) is 0 Å². The second-order valence-electron chi connectivity index (χ2n) is 2.70. The summed E-state index contributed by atoms with van der Waals surface area (Å²) in [5, 5.41) is 0. The standard InChI is InChI=1S/C9H5FN2O2/c10-5-2-1-3-6-8(5)12-9(14)7(4-13)11-6/h1-4H,(H,12,14). The van der Waals surface area contributed by atoms with Gasteiger partial charge in [-0.15, -0.1) is 0 Å². The minimum Gasteiger partial charge on any atom is -0.316 e. The SMILES string of the molecule is O=Cc1nc2cccc(F)c2[nH]c1=O. The Bertz CT molecular complexity index is 562. The number of rotatable bonds is 1. The summed E-state index contributed by atoms with van der Waals surface area (Å²) < 4.78 is 13.1. The topological polar surface area (TPSA) is 62.8 Å². The Balaban J connectivity index is 2.93. The van der Waals surface area contributed by atoms with Crippen LogP contribution >= 0.6 is 0 Å². The molecular weight excluding hydrogens is 187 g/mol. The van der Waals surface area contributed by atoms with Crippen LogP contribution in [0.3, 0.4) is 0 Å². The zero-order valence-corrected chi connectivity index (χ0v) is 6.95. The van der Waals surface area contributed by atoms with Gasteiger partial charge < -0.3 is 4.98 Å².